The third kappa shape index (κ3) is 5.52. The van der Waals surface area contributed by atoms with Crippen LogP contribution in [0.1, 0.15) is 43.2 Å². The second-order valence-electron chi connectivity index (χ2n) is 6.95. The van der Waals surface area contributed by atoms with Gasteiger partial charge in [0.15, 0.2) is 0 Å². The van der Waals surface area contributed by atoms with Crippen LogP contribution >= 0.6 is 0 Å². The van der Waals surface area contributed by atoms with Gasteiger partial charge in [-0.1, -0.05) is 42.5 Å². The van der Waals surface area contributed by atoms with Crippen LogP contribution < -0.4 is 4.74 Å². The Labute approximate surface area is 158 Å². The molecule has 2 aromatic carbocycles. The highest BCUT2D eigenvalue weighted by Crippen LogP contribution is 2.35. The lowest BCUT2D eigenvalue weighted by molar-refractivity contribution is -0.130. The molecule has 1 heterocycles. The second-order valence-corrected chi connectivity index (χ2v) is 6.95. The summed E-state index contributed by atoms with van der Waals surface area (Å²) in [7, 11) is 0. The Kier molecular flexibility index (Phi) is 6.43. The average molecular weight is 373 g/mol. The molecule has 0 bridgehead atoms. The van der Waals surface area contributed by atoms with Gasteiger partial charge in [-0.2, -0.15) is 0 Å². The van der Waals surface area contributed by atoms with Crippen LogP contribution in [0.4, 0.5) is 8.78 Å². The number of hydrogen-bond donors (Lipinski definition) is 0. The third-order valence-corrected chi connectivity index (χ3v) is 4.84. The molecule has 0 radical (unpaired) electrons. The molecule has 0 spiro atoms. The van der Waals surface area contributed by atoms with Crippen molar-refractivity contribution in [3.63, 3.8) is 0 Å². The van der Waals surface area contributed by atoms with Gasteiger partial charge in [-0.25, -0.2) is 8.78 Å². The number of rotatable bonds is 8. The van der Waals surface area contributed by atoms with Crippen LogP contribution in [0.3, 0.4) is 0 Å². The maximum absolute atomic E-state index is 14.5. The van der Waals surface area contributed by atoms with Crippen molar-refractivity contribution in [1.29, 1.82) is 0 Å². The Morgan fingerprint density at radius 2 is 1.78 bits per heavy atom. The minimum absolute atomic E-state index is 0.0109. The first-order valence-electron chi connectivity index (χ1n) is 9.47. The molecule has 0 N–H and O–H groups in total. The predicted molar refractivity (Wildman–Crippen MR) is 101 cm³/mol. The maximum Gasteiger partial charge on any atom is 0.273 e. The van der Waals surface area contributed by atoms with Gasteiger partial charge >= 0.3 is 0 Å². The van der Waals surface area contributed by atoms with Crippen molar-refractivity contribution in [2.45, 2.75) is 44.6 Å². The fourth-order valence-electron chi connectivity index (χ4n) is 3.28. The fourth-order valence-corrected chi connectivity index (χ4v) is 3.28. The molecular formula is C22H25F2NO2. The Balaban J connectivity index is 1.53. The number of carbonyl (C=O) groups is 1. The summed E-state index contributed by atoms with van der Waals surface area (Å²) in [5, 5.41) is 0. The highest BCUT2D eigenvalue weighted by Gasteiger charge is 2.32. The summed E-state index contributed by atoms with van der Waals surface area (Å²) in [6.45, 7) is 1.85. The Morgan fingerprint density at radius 1 is 1.04 bits per heavy atom. The summed E-state index contributed by atoms with van der Waals surface area (Å²) >= 11 is 0. The van der Waals surface area contributed by atoms with Crippen LogP contribution in [-0.4, -0.2) is 23.9 Å². The number of benzene rings is 2. The quantitative estimate of drug-likeness (QED) is 0.640. The van der Waals surface area contributed by atoms with Crippen molar-refractivity contribution in [1.82, 2.24) is 4.90 Å². The molecule has 144 valence electrons. The SMILES string of the molecule is O=C(CCCC(F)(F)c1cccc(OCc2ccccc2)c1)N1CCCC1. The molecule has 1 fully saturated rings. The lowest BCUT2D eigenvalue weighted by atomic mass is 10.0. The van der Waals surface area contributed by atoms with E-state index in [2.05, 4.69) is 0 Å². The zero-order valence-electron chi connectivity index (χ0n) is 15.4. The number of amides is 1. The van der Waals surface area contributed by atoms with E-state index in [9.17, 15) is 13.6 Å². The molecule has 0 aromatic heterocycles. The van der Waals surface area contributed by atoms with E-state index in [0.717, 1.165) is 31.5 Å². The molecule has 5 heteroatoms. The number of ether oxygens (including phenoxy) is 1. The second kappa shape index (κ2) is 8.98. The van der Waals surface area contributed by atoms with Gasteiger partial charge in [0.1, 0.15) is 12.4 Å². The molecule has 1 saturated heterocycles. The van der Waals surface area contributed by atoms with E-state index in [1.807, 2.05) is 30.3 Å². The summed E-state index contributed by atoms with van der Waals surface area (Å²) in [6, 6.07) is 15.7. The van der Waals surface area contributed by atoms with E-state index in [-0.39, 0.29) is 30.7 Å². The van der Waals surface area contributed by atoms with Crippen molar-refractivity contribution in [3.05, 3.63) is 65.7 Å². The number of carbonyl (C=O) groups excluding carboxylic acids is 1. The fraction of sp³-hybridized carbons (Fsp3) is 0.409. The number of hydrogen-bond acceptors (Lipinski definition) is 2. The van der Waals surface area contributed by atoms with Gasteiger partial charge in [-0.15, -0.1) is 0 Å². The van der Waals surface area contributed by atoms with Gasteiger partial charge in [-0.05, 0) is 37.0 Å². The molecule has 2 aromatic rings. The van der Waals surface area contributed by atoms with Crippen LogP contribution in [0.5, 0.6) is 5.75 Å². The van der Waals surface area contributed by atoms with E-state index >= 15 is 0 Å². The number of halogens is 2. The van der Waals surface area contributed by atoms with Crippen molar-refractivity contribution in [2.75, 3.05) is 13.1 Å². The average Bonchev–Trinajstić information content (AvgIpc) is 3.22. The highest BCUT2D eigenvalue weighted by molar-refractivity contribution is 5.76. The van der Waals surface area contributed by atoms with E-state index in [4.69, 9.17) is 4.74 Å². The standard InChI is InChI=1S/C22H25F2NO2/c23-22(24,13-7-12-21(26)25-14-4-5-15-25)19-10-6-11-20(16-19)27-17-18-8-2-1-3-9-18/h1-3,6,8-11,16H,4-5,7,12-15,17H2. The molecule has 0 unspecified atom stereocenters. The van der Waals surface area contributed by atoms with Gasteiger partial charge in [0.25, 0.3) is 5.92 Å². The van der Waals surface area contributed by atoms with Crippen molar-refractivity contribution < 1.29 is 18.3 Å². The topological polar surface area (TPSA) is 29.5 Å². The minimum Gasteiger partial charge on any atom is -0.489 e. The summed E-state index contributed by atoms with van der Waals surface area (Å²) in [5.41, 5.74) is 0.914. The van der Waals surface area contributed by atoms with Gasteiger partial charge in [-0.3, -0.25) is 4.79 Å². The van der Waals surface area contributed by atoms with Crippen molar-refractivity contribution >= 4 is 5.91 Å². The molecule has 1 amide bonds. The molecule has 0 atom stereocenters. The van der Waals surface area contributed by atoms with Crippen LogP contribution in [-0.2, 0) is 17.3 Å². The van der Waals surface area contributed by atoms with E-state index in [1.165, 1.54) is 12.1 Å². The first kappa shape index (κ1) is 19.3. The highest BCUT2D eigenvalue weighted by atomic mass is 19.3. The van der Waals surface area contributed by atoms with Crippen LogP contribution in [0.15, 0.2) is 54.6 Å². The molecule has 3 rings (SSSR count). The lowest BCUT2D eigenvalue weighted by Crippen LogP contribution is -2.27. The predicted octanol–water partition coefficient (Wildman–Crippen LogP) is 5.15. The normalized spacial score (nSPS) is 14.4. The smallest absolute Gasteiger partial charge is 0.273 e. The zero-order chi connectivity index (χ0) is 19.1. The maximum atomic E-state index is 14.5. The van der Waals surface area contributed by atoms with E-state index in [0.29, 0.717) is 12.4 Å². The van der Waals surface area contributed by atoms with Crippen LogP contribution in [0, 0.1) is 0 Å². The molecule has 27 heavy (non-hydrogen) atoms. The van der Waals surface area contributed by atoms with Crippen LogP contribution in [0.2, 0.25) is 0 Å². The van der Waals surface area contributed by atoms with Crippen LogP contribution in [0.25, 0.3) is 0 Å². The van der Waals surface area contributed by atoms with E-state index in [1.54, 1.807) is 17.0 Å². The Bertz CT molecular complexity index is 743. The Morgan fingerprint density at radius 3 is 2.52 bits per heavy atom. The molecule has 3 nitrogen and oxygen atoms in total. The largest absolute Gasteiger partial charge is 0.489 e. The van der Waals surface area contributed by atoms with Crippen molar-refractivity contribution in [3.8, 4) is 5.75 Å². The summed E-state index contributed by atoms with van der Waals surface area (Å²) in [5.74, 6) is -2.57. The zero-order valence-corrected chi connectivity index (χ0v) is 15.4. The number of alkyl halides is 2. The first-order valence-corrected chi connectivity index (χ1v) is 9.47. The molecular weight excluding hydrogens is 348 g/mol. The molecule has 0 aliphatic carbocycles. The summed E-state index contributed by atoms with van der Waals surface area (Å²) in [4.78, 5) is 13.8. The minimum atomic E-state index is -2.97. The van der Waals surface area contributed by atoms with E-state index < -0.39 is 5.92 Å². The first-order chi connectivity index (χ1) is 13.0. The lowest BCUT2D eigenvalue weighted by Gasteiger charge is -2.19. The van der Waals surface area contributed by atoms with Crippen molar-refractivity contribution in [2.24, 2.45) is 0 Å². The third-order valence-electron chi connectivity index (χ3n) is 4.84. The monoisotopic (exact) mass is 373 g/mol. The molecule has 1 aliphatic heterocycles. The number of likely N-dealkylation sites (tertiary alicyclic amines) is 1. The van der Waals surface area contributed by atoms with Gasteiger partial charge in [0, 0.05) is 31.5 Å². The molecule has 1 aliphatic rings. The molecule has 0 saturated carbocycles. The summed E-state index contributed by atoms with van der Waals surface area (Å²) < 4.78 is 34.7. The van der Waals surface area contributed by atoms with Gasteiger partial charge < -0.3 is 9.64 Å². The Hall–Kier alpha value is -2.43. The summed E-state index contributed by atoms with van der Waals surface area (Å²) in [6.07, 6.45) is 2.04. The van der Waals surface area contributed by atoms with Gasteiger partial charge in [0.05, 0.1) is 0 Å². The van der Waals surface area contributed by atoms with Gasteiger partial charge in [0.2, 0.25) is 5.91 Å². The number of nitrogens with zero attached hydrogens (tertiary/aromatic N) is 1.